The van der Waals surface area contributed by atoms with Crippen LogP contribution in [0.3, 0.4) is 0 Å². The third kappa shape index (κ3) is 7.89. The van der Waals surface area contributed by atoms with Crippen LogP contribution in [0.1, 0.15) is 26.7 Å². The second-order valence-electron chi connectivity index (χ2n) is 3.74. The quantitative estimate of drug-likeness (QED) is 0.332. The summed E-state index contributed by atoms with van der Waals surface area (Å²) in [6, 6.07) is 0. The zero-order chi connectivity index (χ0) is 15.7. The van der Waals surface area contributed by atoms with Crippen LogP contribution in [-0.2, 0) is 32.5 Å². The fourth-order valence-electron chi connectivity index (χ4n) is 1.21. The van der Waals surface area contributed by atoms with Gasteiger partial charge in [-0.1, -0.05) is 13.3 Å². The van der Waals surface area contributed by atoms with Gasteiger partial charge in [-0.2, -0.15) is 0 Å². The average Bonchev–Trinajstić information content (AvgIpc) is 2.32. The van der Waals surface area contributed by atoms with Crippen LogP contribution in [0.5, 0.6) is 0 Å². The predicted octanol–water partition coefficient (Wildman–Crippen LogP) is 0.453. The summed E-state index contributed by atoms with van der Waals surface area (Å²) in [5.74, 6) is -1.91. The topological polar surface area (TPSA) is 136 Å². The van der Waals surface area contributed by atoms with E-state index in [-0.39, 0.29) is 6.61 Å². The molecule has 0 aromatic heterocycles. The van der Waals surface area contributed by atoms with Crippen LogP contribution in [-0.4, -0.2) is 40.4 Å². The molecular weight excluding hydrogens is 314 g/mol. The van der Waals surface area contributed by atoms with E-state index in [2.05, 4.69) is 9.05 Å². The van der Waals surface area contributed by atoms with E-state index in [1.165, 1.54) is 0 Å². The molecule has 0 aliphatic heterocycles. The molecule has 0 amide bonds. The Balaban J connectivity index is 4.97. The predicted molar refractivity (Wildman–Crippen MR) is 68.7 cm³/mol. The Bertz CT molecular complexity index is 384. The first kappa shape index (κ1) is 19.4. The molecule has 0 aromatic rings. The Hall–Kier alpha value is -0.560. The van der Waals surface area contributed by atoms with E-state index in [1.807, 2.05) is 6.92 Å². The van der Waals surface area contributed by atoms with E-state index in [4.69, 9.17) is 14.5 Å². The molecule has 4 atom stereocenters. The Morgan fingerprint density at radius 2 is 1.60 bits per heavy atom. The van der Waals surface area contributed by atoms with Crippen molar-refractivity contribution in [3.05, 3.63) is 0 Å². The van der Waals surface area contributed by atoms with Gasteiger partial charge in [-0.3, -0.25) is 23.0 Å². The summed E-state index contributed by atoms with van der Waals surface area (Å²) in [6.45, 7) is 2.87. The lowest BCUT2D eigenvalue weighted by molar-refractivity contribution is -0.159. The molecule has 0 heterocycles. The molecule has 0 aliphatic rings. The molecule has 2 unspecified atom stereocenters. The normalized spacial score (nSPS) is 17.0. The highest BCUT2D eigenvalue weighted by Gasteiger charge is 2.37. The first-order valence-electron chi connectivity index (χ1n) is 5.75. The lowest BCUT2D eigenvalue weighted by atomic mass is 10.1. The van der Waals surface area contributed by atoms with Crippen LogP contribution in [0.25, 0.3) is 0 Å². The highest BCUT2D eigenvalue weighted by Crippen LogP contribution is 2.27. The van der Waals surface area contributed by atoms with Gasteiger partial charge in [0.1, 0.15) is 0 Å². The lowest BCUT2D eigenvalue weighted by Crippen LogP contribution is -2.41. The molecule has 0 aromatic carbocycles. The van der Waals surface area contributed by atoms with Crippen molar-refractivity contribution in [1.29, 1.82) is 0 Å². The minimum atomic E-state index is -3.58. The van der Waals surface area contributed by atoms with Crippen molar-refractivity contribution in [3.63, 3.8) is 0 Å². The second-order valence-corrected chi connectivity index (χ2v) is 5.28. The molecule has 118 valence electrons. The third-order valence-corrected chi connectivity index (χ3v) is 3.02. The smallest absolute Gasteiger partial charge is 0.339 e. The third-order valence-electron chi connectivity index (χ3n) is 2.11. The Morgan fingerprint density at radius 3 is 2.00 bits per heavy atom. The van der Waals surface area contributed by atoms with Gasteiger partial charge in [0.05, 0.1) is 6.61 Å². The SMILES string of the molecule is CCCCOC(=O)[C@H](O[PH](=O)O)[C@@H](O[PH](=O)O)C(C)=O. The van der Waals surface area contributed by atoms with Crippen molar-refractivity contribution < 1.29 is 42.3 Å². The molecule has 0 spiro atoms. The van der Waals surface area contributed by atoms with E-state index in [1.54, 1.807) is 0 Å². The van der Waals surface area contributed by atoms with Crippen molar-refractivity contribution in [2.75, 3.05) is 6.61 Å². The highest BCUT2D eigenvalue weighted by atomic mass is 31.1. The Kier molecular flexibility index (Phi) is 9.92. The Morgan fingerprint density at radius 1 is 1.10 bits per heavy atom. The van der Waals surface area contributed by atoms with Crippen LogP contribution in [0.15, 0.2) is 0 Å². The van der Waals surface area contributed by atoms with Gasteiger partial charge in [-0.25, -0.2) is 4.79 Å². The van der Waals surface area contributed by atoms with Gasteiger partial charge < -0.3 is 14.5 Å². The fourth-order valence-corrected chi connectivity index (χ4v) is 2.15. The van der Waals surface area contributed by atoms with Gasteiger partial charge in [0.25, 0.3) is 0 Å². The standard InChI is InChI=1S/C9H18O9P2/c1-3-4-5-16-9(11)8(18-20(14)15)7(6(2)10)17-19(12)13/h7-8,19-20H,3-5H2,1-2H3,(H,12,13)(H,14,15)/t7-,8+/m0/s1. The number of esters is 1. The molecule has 0 fully saturated rings. The number of ketones is 1. The van der Waals surface area contributed by atoms with E-state index in [9.17, 15) is 18.7 Å². The zero-order valence-electron chi connectivity index (χ0n) is 11.0. The molecule has 11 heteroatoms. The van der Waals surface area contributed by atoms with Gasteiger partial charge in [0, 0.05) is 0 Å². The first-order valence-corrected chi connectivity index (χ1v) is 8.28. The van der Waals surface area contributed by atoms with E-state index >= 15 is 0 Å². The molecule has 0 saturated heterocycles. The van der Waals surface area contributed by atoms with E-state index in [0.717, 1.165) is 13.3 Å². The number of carbonyl (C=O) groups excluding carboxylic acids is 2. The molecule has 0 radical (unpaired) electrons. The molecule has 2 N–H and O–H groups in total. The van der Waals surface area contributed by atoms with Crippen molar-refractivity contribution in [3.8, 4) is 0 Å². The van der Waals surface area contributed by atoms with Crippen molar-refractivity contribution >= 4 is 28.3 Å². The summed E-state index contributed by atoms with van der Waals surface area (Å²) in [6.07, 6.45) is -2.34. The van der Waals surface area contributed by atoms with Gasteiger partial charge >= 0.3 is 22.5 Å². The number of rotatable bonds is 10. The molecule has 0 bridgehead atoms. The zero-order valence-corrected chi connectivity index (χ0v) is 13.0. The van der Waals surface area contributed by atoms with Crippen LogP contribution in [0.2, 0.25) is 0 Å². The number of unbranched alkanes of at least 4 members (excludes halogenated alkanes) is 1. The minimum absolute atomic E-state index is 0.0283. The summed E-state index contributed by atoms with van der Waals surface area (Å²) in [7, 11) is -7.12. The fraction of sp³-hybridized carbons (Fsp3) is 0.778. The maximum Gasteiger partial charge on any atom is 0.339 e. The molecule has 20 heavy (non-hydrogen) atoms. The molecule has 9 nitrogen and oxygen atoms in total. The van der Waals surface area contributed by atoms with Crippen LogP contribution >= 0.6 is 16.5 Å². The van der Waals surface area contributed by atoms with Crippen molar-refractivity contribution in [2.24, 2.45) is 0 Å². The number of carbonyl (C=O) groups is 2. The minimum Gasteiger partial charge on any atom is -0.464 e. The van der Waals surface area contributed by atoms with Crippen LogP contribution in [0, 0.1) is 0 Å². The first-order chi connectivity index (χ1) is 9.29. The van der Waals surface area contributed by atoms with E-state index < -0.39 is 40.5 Å². The summed E-state index contributed by atoms with van der Waals surface area (Å²) in [5, 5.41) is 0. The average molecular weight is 332 g/mol. The van der Waals surface area contributed by atoms with Crippen molar-refractivity contribution in [2.45, 2.75) is 38.9 Å². The number of Topliss-reactive ketones (excluding diaryl/α,β-unsaturated/α-hetero) is 1. The highest BCUT2D eigenvalue weighted by molar-refractivity contribution is 7.32. The second kappa shape index (κ2) is 10.2. The molecular formula is C9H18O9P2. The van der Waals surface area contributed by atoms with Crippen LogP contribution < -0.4 is 0 Å². The summed E-state index contributed by atoms with van der Waals surface area (Å²) < 4.78 is 34.9. The molecule has 0 saturated carbocycles. The number of hydrogen-bond acceptors (Lipinski definition) is 7. The van der Waals surface area contributed by atoms with Crippen LogP contribution in [0.4, 0.5) is 0 Å². The lowest BCUT2D eigenvalue weighted by Gasteiger charge is -2.21. The molecule has 0 aliphatic carbocycles. The summed E-state index contributed by atoms with van der Waals surface area (Å²) in [4.78, 5) is 40.4. The summed E-state index contributed by atoms with van der Waals surface area (Å²) in [5.41, 5.74) is 0. The Labute approximate surface area is 117 Å². The van der Waals surface area contributed by atoms with Crippen molar-refractivity contribution in [1.82, 2.24) is 0 Å². The monoisotopic (exact) mass is 332 g/mol. The van der Waals surface area contributed by atoms with Gasteiger partial charge in [-0.05, 0) is 13.3 Å². The van der Waals surface area contributed by atoms with Gasteiger partial charge in [0.2, 0.25) is 0 Å². The number of hydrogen-bond donors (Lipinski definition) is 2. The molecule has 0 rings (SSSR count). The maximum absolute atomic E-state index is 11.7. The van der Waals surface area contributed by atoms with Gasteiger partial charge in [0.15, 0.2) is 18.0 Å². The maximum atomic E-state index is 11.7. The summed E-state index contributed by atoms with van der Waals surface area (Å²) >= 11 is 0. The largest absolute Gasteiger partial charge is 0.464 e. The van der Waals surface area contributed by atoms with Gasteiger partial charge in [-0.15, -0.1) is 0 Å². The van der Waals surface area contributed by atoms with E-state index in [0.29, 0.717) is 6.42 Å². The number of ether oxygens (including phenoxy) is 1.